The number of pyridine rings is 1. The number of H-pyrrole nitrogens is 1. The molecule has 2 saturated heterocycles. The lowest BCUT2D eigenvalue weighted by atomic mass is 9.80. The summed E-state index contributed by atoms with van der Waals surface area (Å²) in [6, 6.07) is 6.31. The molecule has 0 radical (unpaired) electrons. The first-order valence-electron chi connectivity index (χ1n) is 9.21. The molecule has 0 aliphatic carbocycles. The molecule has 2 aromatic heterocycles. The molecular weight excluding hydrogens is 314 g/mol. The molecule has 2 aliphatic rings. The Bertz CT molecular complexity index is 647. The Balaban J connectivity index is 1.43. The summed E-state index contributed by atoms with van der Waals surface area (Å²) < 4.78 is 6.03. The first kappa shape index (κ1) is 16.7. The second-order valence-corrected chi connectivity index (χ2v) is 7.51. The number of likely N-dealkylation sites (tertiary alicyclic amines) is 1. The second kappa shape index (κ2) is 7.64. The Labute approximate surface area is 149 Å². The number of piperidine rings is 1. The summed E-state index contributed by atoms with van der Waals surface area (Å²) in [4.78, 5) is 9.24. The van der Waals surface area contributed by atoms with Crippen molar-refractivity contribution in [2.24, 2.45) is 5.41 Å². The van der Waals surface area contributed by atoms with E-state index in [1.165, 1.54) is 30.6 Å². The van der Waals surface area contributed by atoms with Crippen LogP contribution in [0.15, 0.2) is 36.8 Å². The van der Waals surface area contributed by atoms with Gasteiger partial charge in [0.2, 0.25) is 0 Å². The minimum Gasteiger partial charge on any atom is -0.379 e. The molecule has 6 heteroatoms. The van der Waals surface area contributed by atoms with Crippen LogP contribution in [0.3, 0.4) is 0 Å². The van der Waals surface area contributed by atoms with Gasteiger partial charge in [-0.15, -0.1) is 0 Å². The highest BCUT2D eigenvalue weighted by Crippen LogP contribution is 2.34. The van der Waals surface area contributed by atoms with Crippen LogP contribution >= 0.6 is 0 Å². The molecule has 0 aromatic carbocycles. The SMILES string of the molecule is c1cc(CN2CCCC3(COCCN(Cc4ccn[nH]4)C3)C2)ccn1. The van der Waals surface area contributed by atoms with Crippen LogP contribution in [0, 0.1) is 5.41 Å². The maximum Gasteiger partial charge on any atom is 0.0593 e. The molecule has 6 nitrogen and oxygen atoms in total. The smallest absolute Gasteiger partial charge is 0.0593 e. The number of hydrogen-bond donors (Lipinski definition) is 1. The Morgan fingerprint density at radius 3 is 2.68 bits per heavy atom. The highest BCUT2D eigenvalue weighted by Gasteiger charge is 2.38. The van der Waals surface area contributed by atoms with Crippen molar-refractivity contribution >= 4 is 0 Å². The molecular formula is C19H27N5O. The van der Waals surface area contributed by atoms with Gasteiger partial charge in [-0.25, -0.2) is 0 Å². The van der Waals surface area contributed by atoms with Crippen molar-refractivity contribution in [2.75, 3.05) is 39.4 Å². The van der Waals surface area contributed by atoms with Gasteiger partial charge < -0.3 is 4.74 Å². The number of hydrogen-bond acceptors (Lipinski definition) is 5. The van der Waals surface area contributed by atoms with Crippen molar-refractivity contribution in [1.29, 1.82) is 0 Å². The summed E-state index contributed by atoms with van der Waals surface area (Å²) >= 11 is 0. The highest BCUT2D eigenvalue weighted by molar-refractivity contribution is 5.10. The molecule has 4 heterocycles. The first-order chi connectivity index (χ1) is 12.3. The van der Waals surface area contributed by atoms with Gasteiger partial charge in [-0.1, -0.05) is 0 Å². The van der Waals surface area contributed by atoms with E-state index in [1.54, 1.807) is 0 Å². The highest BCUT2D eigenvalue weighted by atomic mass is 16.5. The summed E-state index contributed by atoms with van der Waals surface area (Å²) in [5.41, 5.74) is 2.76. The average molecular weight is 341 g/mol. The van der Waals surface area contributed by atoms with E-state index in [-0.39, 0.29) is 5.41 Å². The van der Waals surface area contributed by atoms with Gasteiger partial charge in [-0.3, -0.25) is 19.9 Å². The predicted octanol–water partition coefficient (Wildman–Crippen LogP) is 1.92. The number of aromatic nitrogens is 3. The van der Waals surface area contributed by atoms with Crippen LogP contribution in [0.4, 0.5) is 0 Å². The van der Waals surface area contributed by atoms with E-state index >= 15 is 0 Å². The third-order valence-electron chi connectivity index (χ3n) is 5.37. The van der Waals surface area contributed by atoms with Gasteiger partial charge in [0.15, 0.2) is 0 Å². The van der Waals surface area contributed by atoms with Crippen molar-refractivity contribution in [3.8, 4) is 0 Å². The van der Waals surface area contributed by atoms with Crippen LogP contribution in [0.2, 0.25) is 0 Å². The summed E-state index contributed by atoms with van der Waals surface area (Å²) in [7, 11) is 0. The molecule has 1 N–H and O–H groups in total. The average Bonchev–Trinajstić information content (AvgIpc) is 3.05. The molecule has 0 amide bonds. The lowest BCUT2D eigenvalue weighted by Crippen LogP contribution is -2.50. The van der Waals surface area contributed by atoms with Gasteiger partial charge >= 0.3 is 0 Å². The Morgan fingerprint density at radius 2 is 1.88 bits per heavy atom. The lowest BCUT2D eigenvalue weighted by Gasteiger charge is -2.43. The topological polar surface area (TPSA) is 57.3 Å². The van der Waals surface area contributed by atoms with E-state index in [1.807, 2.05) is 18.6 Å². The van der Waals surface area contributed by atoms with E-state index < -0.39 is 0 Å². The fourth-order valence-corrected chi connectivity index (χ4v) is 4.27. The van der Waals surface area contributed by atoms with Crippen LogP contribution in [0.5, 0.6) is 0 Å². The maximum absolute atomic E-state index is 6.03. The summed E-state index contributed by atoms with van der Waals surface area (Å²) in [6.45, 7) is 7.99. The number of rotatable bonds is 4. The molecule has 2 aliphatic heterocycles. The number of nitrogens with one attached hydrogen (secondary N) is 1. The van der Waals surface area contributed by atoms with Crippen molar-refractivity contribution in [2.45, 2.75) is 25.9 Å². The first-order valence-corrected chi connectivity index (χ1v) is 9.21. The Morgan fingerprint density at radius 1 is 1.04 bits per heavy atom. The van der Waals surface area contributed by atoms with Gasteiger partial charge in [-0.05, 0) is 43.1 Å². The zero-order valence-electron chi connectivity index (χ0n) is 14.7. The van der Waals surface area contributed by atoms with Gasteiger partial charge in [-0.2, -0.15) is 5.10 Å². The van der Waals surface area contributed by atoms with Crippen molar-refractivity contribution in [3.05, 3.63) is 48.0 Å². The van der Waals surface area contributed by atoms with Crippen LogP contribution in [0.25, 0.3) is 0 Å². The molecule has 2 fully saturated rings. The fraction of sp³-hybridized carbons (Fsp3) is 0.579. The second-order valence-electron chi connectivity index (χ2n) is 7.51. The van der Waals surface area contributed by atoms with E-state index in [0.29, 0.717) is 0 Å². The molecule has 1 spiro atoms. The van der Waals surface area contributed by atoms with Gasteiger partial charge in [0.05, 0.1) is 13.2 Å². The maximum atomic E-state index is 6.03. The molecule has 25 heavy (non-hydrogen) atoms. The molecule has 1 unspecified atom stereocenters. The number of nitrogens with zero attached hydrogens (tertiary/aromatic N) is 4. The zero-order chi connectivity index (χ0) is 17.0. The quantitative estimate of drug-likeness (QED) is 0.921. The van der Waals surface area contributed by atoms with Gasteiger partial charge in [0, 0.05) is 62.4 Å². The fourth-order valence-electron chi connectivity index (χ4n) is 4.27. The van der Waals surface area contributed by atoms with Crippen molar-refractivity contribution < 1.29 is 4.74 Å². The van der Waals surface area contributed by atoms with Crippen LogP contribution in [-0.4, -0.2) is 64.4 Å². The monoisotopic (exact) mass is 341 g/mol. The third-order valence-corrected chi connectivity index (χ3v) is 5.37. The third kappa shape index (κ3) is 4.26. The predicted molar refractivity (Wildman–Crippen MR) is 95.9 cm³/mol. The molecule has 0 bridgehead atoms. The van der Waals surface area contributed by atoms with E-state index in [4.69, 9.17) is 4.74 Å². The largest absolute Gasteiger partial charge is 0.379 e. The van der Waals surface area contributed by atoms with Crippen LogP contribution < -0.4 is 0 Å². The minimum absolute atomic E-state index is 0.238. The van der Waals surface area contributed by atoms with Gasteiger partial charge in [0.25, 0.3) is 0 Å². The number of aromatic amines is 1. The molecule has 1 atom stereocenters. The lowest BCUT2D eigenvalue weighted by molar-refractivity contribution is 0.00241. The standard InChI is InChI=1S/C19H27N5O/c1-5-19(14-23(9-1)12-17-2-6-20-7-3-17)15-24(10-11-25-16-19)13-18-4-8-21-22-18/h2-4,6-8H,1,5,9-16H2,(H,21,22). The van der Waals surface area contributed by atoms with E-state index in [2.05, 4.69) is 43.2 Å². The van der Waals surface area contributed by atoms with E-state index in [0.717, 1.165) is 45.9 Å². The molecule has 134 valence electrons. The zero-order valence-corrected chi connectivity index (χ0v) is 14.7. The van der Waals surface area contributed by atoms with E-state index in [9.17, 15) is 0 Å². The van der Waals surface area contributed by atoms with Crippen molar-refractivity contribution in [3.63, 3.8) is 0 Å². The van der Waals surface area contributed by atoms with Crippen LogP contribution in [-0.2, 0) is 17.8 Å². The number of ether oxygens (including phenoxy) is 1. The molecule has 2 aromatic rings. The Hall–Kier alpha value is -1.76. The Kier molecular flexibility index (Phi) is 5.10. The molecule has 4 rings (SSSR count). The summed E-state index contributed by atoms with van der Waals surface area (Å²) in [6.07, 6.45) is 8.09. The van der Waals surface area contributed by atoms with Crippen LogP contribution in [0.1, 0.15) is 24.1 Å². The molecule has 0 saturated carbocycles. The van der Waals surface area contributed by atoms with Gasteiger partial charge in [0.1, 0.15) is 0 Å². The minimum atomic E-state index is 0.238. The van der Waals surface area contributed by atoms with Crippen molar-refractivity contribution in [1.82, 2.24) is 25.0 Å². The summed E-state index contributed by atoms with van der Waals surface area (Å²) in [5, 5.41) is 7.17. The normalized spacial score (nSPS) is 25.9. The summed E-state index contributed by atoms with van der Waals surface area (Å²) in [5.74, 6) is 0.